The molecular formula is C22H25N5O5. The van der Waals surface area contributed by atoms with Crippen molar-refractivity contribution in [3.05, 3.63) is 52.7 Å². The van der Waals surface area contributed by atoms with E-state index in [1.807, 2.05) is 0 Å². The number of amides is 1. The molecule has 10 nitrogen and oxygen atoms in total. The van der Waals surface area contributed by atoms with Crippen molar-refractivity contribution in [1.29, 1.82) is 0 Å². The van der Waals surface area contributed by atoms with Crippen molar-refractivity contribution in [1.82, 2.24) is 19.3 Å². The number of hydrogen-bond donors (Lipinski definition) is 1. The van der Waals surface area contributed by atoms with Crippen molar-refractivity contribution < 1.29 is 19.1 Å². The highest BCUT2D eigenvalue weighted by Gasteiger charge is 2.20. The summed E-state index contributed by atoms with van der Waals surface area (Å²) in [6.07, 6.45) is 1.70. The third-order valence-electron chi connectivity index (χ3n) is 4.91. The van der Waals surface area contributed by atoms with Crippen LogP contribution in [-0.4, -0.2) is 43.1 Å². The number of anilines is 1. The van der Waals surface area contributed by atoms with Gasteiger partial charge in [-0.05, 0) is 31.2 Å². The average molecular weight is 439 g/mol. The molecule has 0 saturated carbocycles. The second kappa shape index (κ2) is 9.54. The largest absolute Gasteiger partial charge is 0.454 e. The van der Waals surface area contributed by atoms with Crippen LogP contribution in [0.25, 0.3) is 11.0 Å². The van der Waals surface area contributed by atoms with Crippen molar-refractivity contribution in [2.24, 2.45) is 13.0 Å². The van der Waals surface area contributed by atoms with Crippen LogP contribution in [0.3, 0.4) is 0 Å². The van der Waals surface area contributed by atoms with E-state index in [0.29, 0.717) is 22.3 Å². The standard InChI is InChI=1S/C22H25N5O5/c1-13(2)21(30)25-16-7-5-15(6-8-16)19(29)14(3)32-18(28)9-10-27-12-23-20-17(22(27)31)11-24-26(20)4/h5-8,11-14H,9-10H2,1-4H3,(H,25,30)/t14-/m0/s1. The van der Waals surface area contributed by atoms with E-state index >= 15 is 0 Å². The van der Waals surface area contributed by atoms with Crippen LogP contribution < -0.4 is 10.9 Å². The van der Waals surface area contributed by atoms with E-state index in [-0.39, 0.29) is 36.1 Å². The zero-order chi connectivity index (χ0) is 23.4. The summed E-state index contributed by atoms with van der Waals surface area (Å²) in [7, 11) is 1.68. The third-order valence-corrected chi connectivity index (χ3v) is 4.91. The third kappa shape index (κ3) is 5.08. The summed E-state index contributed by atoms with van der Waals surface area (Å²) < 4.78 is 8.04. The first-order valence-corrected chi connectivity index (χ1v) is 10.2. The number of aromatic nitrogens is 4. The van der Waals surface area contributed by atoms with E-state index in [0.717, 1.165) is 0 Å². The lowest BCUT2D eigenvalue weighted by Crippen LogP contribution is -2.27. The van der Waals surface area contributed by atoms with Gasteiger partial charge in [0.25, 0.3) is 5.56 Å². The van der Waals surface area contributed by atoms with Crippen molar-refractivity contribution >= 4 is 34.4 Å². The first kappa shape index (κ1) is 22.9. The number of ether oxygens (including phenoxy) is 1. The Labute approximate surface area is 184 Å². The first-order valence-electron chi connectivity index (χ1n) is 10.2. The van der Waals surface area contributed by atoms with Crippen molar-refractivity contribution in [3.8, 4) is 0 Å². The summed E-state index contributed by atoms with van der Waals surface area (Å²) in [4.78, 5) is 53.1. The zero-order valence-corrected chi connectivity index (χ0v) is 18.4. The van der Waals surface area contributed by atoms with Crippen LogP contribution in [-0.2, 0) is 27.9 Å². The Morgan fingerprint density at radius 3 is 2.47 bits per heavy atom. The lowest BCUT2D eigenvalue weighted by Gasteiger charge is -2.13. The van der Waals surface area contributed by atoms with Crippen molar-refractivity contribution in [2.45, 2.75) is 39.8 Å². The van der Waals surface area contributed by atoms with Crippen LogP contribution in [0.5, 0.6) is 0 Å². The summed E-state index contributed by atoms with van der Waals surface area (Å²) in [6, 6.07) is 6.38. The summed E-state index contributed by atoms with van der Waals surface area (Å²) in [5.74, 6) is -1.25. The minimum Gasteiger partial charge on any atom is -0.454 e. The van der Waals surface area contributed by atoms with Gasteiger partial charge in [0, 0.05) is 30.8 Å². The molecule has 2 heterocycles. The van der Waals surface area contributed by atoms with Crippen LogP contribution in [0.1, 0.15) is 37.6 Å². The van der Waals surface area contributed by atoms with Gasteiger partial charge in [-0.1, -0.05) is 13.8 Å². The molecule has 0 bridgehead atoms. The van der Waals surface area contributed by atoms with Gasteiger partial charge in [-0.25, -0.2) is 4.98 Å². The molecule has 0 aliphatic rings. The maximum atomic E-state index is 12.6. The SMILES string of the molecule is CC(C)C(=O)Nc1ccc(C(=O)[C@H](C)OC(=O)CCn2cnc3c(cnn3C)c2=O)cc1. The number of esters is 1. The molecule has 0 radical (unpaired) electrons. The number of hydrogen-bond acceptors (Lipinski definition) is 7. The highest BCUT2D eigenvalue weighted by Crippen LogP contribution is 2.14. The van der Waals surface area contributed by atoms with E-state index in [4.69, 9.17) is 4.74 Å². The second-order valence-corrected chi connectivity index (χ2v) is 7.72. The Bertz CT molecular complexity index is 1210. The van der Waals surface area contributed by atoms with E-state index in [1.165, 1.54) is 28.7 Å². The maximum absolute atomic E-state index is 12.6. The Morgan fingerprint density at radius 2 is 1.81 bits per heavy atom. The van der Waals surface area contributed by atoms with E-state index in [2.05, 4.69) is 15.4 Å². The van der Waals surface area contributed by atoms with Crippen LogP contribution in [0.15, 0.2) is 41.6 Å². The average Bonchev–Trinajstić information content (AvgIpc) is 3.14. The molecule has 0 aliphatic carbocycles. The number of carbonyl (C=O) groups is 3. The lowest BCUT2D eigenvalue weighted by atomic mass is 10.1. The predicted molar refractivity (Wildman–Crippen MR) is 117 cm³/mol. The van der Waals surface area contributed by atoms with Crippen LogP contribution in [0.2, 0.25) is 0 Å². The number of aryl methyl sites for hydroxylation is 2. The molecule has 3 rings (SSSR count). The lowest BCUT2D eigenvalue weighted by molar-refractivity contribution is -0.146. The Kier molecular flexibility index (Phi) is 6.82. The molecule has 1 N–H and O–H groups in total. The van der Waals surface area contributed by atoms with E-state index < -0.39 is 12.1 Å². The topological polar surface area (TPSA) is 125 Å². The number of carbonyl (C=O) groups excluding carboxylic acids is 3. The van der Waals surface area contributed by atoms with Gasteiger partial charge in [-0.2, -0.15) is 5.10 Å². The van der Waals surface area contributed by atoms with Gasteiger partial charge < -0.3 is 10.1 Å². The number of rotatable bonds is 8. The minimum absolute atomic E-state index is 0.0701. The molecule has 1 amide bonds. The van der Waals surface area contributed by atoms with Gasteiger partial charge >= 0.3 is 5.97 Å². The van der Waals surface area contributed by atoms with Gasteiger partial charge in [-0.15, -0.1) is 0 Å². The number of Topliss-reactive ketones (excluding diaryl/α,β-unsaturated/α-hetero) is 1. The normalized spacial score (nSPS) is 12.0. The molecule has 0 unspecified atom stereocenters. The number of nitrogens with zero attached hydrogens (tertiary/aromatic N) is 4. The van der Waals surface area contributed by atoms with Crippen LogP contribution in [0.4, 0.5) is 5.69 Å². The number of benzene rings is 1. The summed E-state index contributed by atoms with van der Waals surface area (Å²) in [5, 5.41) is 7.10. The molecule has 3 aromatic rings. The van der Waals surface area contributed by atoms with Crippen molar-refractivity contribution in [3.63, 3.8) is 0 Å². The molecule has 168 valence electrons. The van der Waals surface area contributed by atoms with Crippen LogP contribution in [0, 0.1) is 5.92 Å². The molecule has 10 heteroatoms. The molecule has 1 atom stereocenters. The molecule has 32 heavy (non-hydrogen) atoms. The minimum atomic E-state index is -0.991. The molecule has 0 spiro atoms. The molecule has 0 fully saturated rings. The summed E-state index contributed by atoms with van der Waals surface area (Å²) >= 11 is 0. The monoisotopic (exact) mass is 439 g/mol. The van der Waals surface area contributed by atoms with Gasteiger partial charge in [0.15, 0.2) is 11.8 Å². The second-order valence-electron chi connectivity index (χ2n) is 7.72. The maximum Gasteiger partial charge on any atom is 0.308 e. The van der Waals surface area contributed by atoms with Gasteiger partial charge in [-0.3, -0.25) is 28.4 Å². The fourth-order valence-corrected chi connectivity index (χ4v) is 2.99. The number of fused-ring (bicyclic) bond motifs is 1. The van der Waals surface area contributed by atoms with Crippen molar-refractivity contribution in [2.75, 3.05) is 5.32 Å². The first-order chi connectivity index (χ1) is 15.2. The van der Waals surface area contributed by atoms with E-state index in [1.54, 1.807) is 45.2 Å². The molecule has 0 saturated heterocycles. The fourth-order valence-electron chi connectivity index (χ4n) is 2.99. The van der Waals surface area contributed by atoms with Gasteiger partial charge in [0.2, 0.25) is 11.7 Å². The molecule has 1 aromatic carbocycles. The smallest absolute Gasteiger partial charge is 0.308 e. The highest BCUT2D eigenvalue weighted by atomic mass is 16.5. The predicted octanol–water partition coefficient (Wildman–Crippen LogP) is 1.93. The Hall–Kier alpha value is -3.82. The quantitative estimate of drug-likeness (QED) is 0.420. The molecule has 2 aromatic heterocycles. The summed E-state index contributed by atoms with van der Waals surface area (Å²) in [5.41, 5.74) is 1.09. The highest BCUT2D eigenvalue weighted by molar-refractivity contribution is 6.01. The number of nitrogens with one attached hydrogen (secondary N) is 1. The van der Waals surface area contributed by atoms with Gasteiger partial charge in [0.05, 0.1) is 18.9 Å². The fraction of sp³-hybridized carbons (Fsp3) is 0.364. The number of ketones is 1. The van der Waals surface area contributed by atoms with Gasteiger partial charge in [0.1, 0.15) is 5.39 Å². The van der Waals surface area contributed by atoms with Crippen LogP contribution >= 0.6 is 0 Å². The summed E-state index contributed by atoms with van der Waals surface area (Å²) in [6.45, 7) is 5.13. The molecular weight excluding hydrogens is 414 g/mol. The zero-order valence-electron chi connectivity index (χ0n) is 18.4. The molecule has 0 aliphatic heterocycles. The Morgan fingerprint density at radius 1 is 1.12 bits per heavy atom. The Balaban J connectivity index is 1.56. The van der Waals surface area contributed by atoms with E-state index in [9.17, 15) is 19.2 Å².